The average molecular weight is 543 g/mol. The van der Waals surface area contributed by atoms with Crippen LogP contribution in [-0.4, -0.2) is 77.9 Å². The molecular weight excluding hydrogens is 517 g/mol. The SMILES string of the molecule is COc1c([C@H]2[C@H](C(=O)Nc3ccnc(C(=O)N4CCNCC4)n3)O[C@@](C)(C(F)(F)F)[C@H]2C)ccc(F)c1F. The summed E-state index contributed by atoms with van der Waals surface area (Å²) in [6, 6.07) is 3.08. The van der Waals surface area contributed by atoms with Crippen molar-refractivity contribution < 1.29 is 41.0 Å². The highest BCUT2D eigenvalue weighted by atomic mass is 19.4. The number of nitrogens with one attached hydrogen (secondary N) is 2. The van der Waals surface area contributed by atoms with Crippen molar-refractivity contribution in [3.05, 3.63) is 47.4 Å². The van der Waals surface area contributed by atoms with Gasteiger partial charge < -0.3 is 25.0 Å². The first kappa shape index (κ1) is 27.6. The van der Waals surface area contributed by atoms with E-state index < -0.39 is 58.9 Å². The normalized spacial score (nSPS) is 25.8. The number of hydrogen-bond donors (Lipinski definition) is 2. The van der Waals surface area contributed by atoms with Crippen LogP contribution in [0.1, 0.15) is 35.9 Å². The van der Waals surface area contributed by atoms with Gasteiger partial charge in [-0.25, -0.2) is 14.4 Å². The van der Waals surface area contributed by atoms with Crippen LogP contribution in [-0.2, 0) is 9.53 Å². The fraction of sp³-hybridized carbons (Fsp3) is 0.500. The molecule has 0 saturated carbocycles. The van der Waals surface area contributed by atoms with Gasteiger partial charge in [-0.05, 0) is 19.1 Å². The highest BCUT2D eigenvalue weighted by Crippen LogP contribution is 2.55. The standard InChI is InChI=1S/C24H26F5N5O4/c1-12-16(13-4-5-14(25)17(26)18(13)37-3)19(38-23(12,2)24(27,28)29)21(35)33-15-6-7-31-20(32-15)22(36)34-10-8-30-9-11-34/h4-7,12,16,19,30H,8-11H2,1-3H3,(H,31,32,33,35)/t12-,16-,19+,23+/m0/s1. The second kappa shape index (κ2) is 10.4. The number of hydrogen-bond acceptors (Lipinski definition) is 7. The molecule has 3 heterocycles. The van der Waals surface area contributed by atoms with Crippen LogP contribution in [0.3, 0.4) is 0 Å². The van der Waals surface area contributed by atoms with Gasteiger partial charge in [0.25, 0.3) is 11.8 Å². The minimum absolute atomic E-state index is 0.142. The minimum atomic E-state index is -4.90. The second-order valence-electron chi connectivity index (χ2n) is 9.24. The van der Waals surface area contributed by atoms with Crippen molar-refractivity contribution in [1.29, 1.82) is 0 Å². The molecule has 0 spiro atoms. The van der Waals surface area contributed by atoms with Crippen LogP contribution in [0.4, 0.5) is 27.8 Å². The van der Waals surface area contributed by atoms with Crippen molar-refractivity contribution in [2.45, 2.75) is 37.6 Å². The molecule has 9 nitrogen and oxygen atoms in total. The van der Waals surface area contributed by atoms with Gasteiger partial charge in [-0.15, -0.1) is 0 Å². The van der Waals surface area contributed by atoms with Crippen molar-refractivity contribution >= 4 is 17.6 Å². The van der Waals surface area contributed by atoms with Crippen LogP contribution in [0, 0.1) is 17.6 Å². The molecule has 4 atom stereocenters. The molecule has 2 fully saturated rings. The van der Waals surface area contributed by atoms with Crippen LogP contribution in [0.25, 0.3) is 0 Å². The van der Waals surface area contributed by atoms with E-state index in [2.05, 4.69) is 20.6 Å². The Kier molecular flexibility index (Phi) is 7.57. The Labute approximate surface area is 214 Å². The third-order valence-corrected chi connectivity index (χ3v) is 7.07. The number of carbonyl (C=O) groups excluding carboxylic acids is 2. The van der Waals surface area contributed by atoms with Crippen molar-refractivity contribution in [3.8, 4) is 5.75 Å². The predicted molar refractivity (Wildman–Crippen MR) is 124 cm³/mol. The van der Waals surface area contributed by atoms with Gasteiger partial charge in [-0.2, -0.15) is 17.6 Å². The molecule has 14 heteroatoms. The van der Waals surface area contributed by atoms with Gasteiger partial charge in [-0.1, -0.05) is 13.0 Å². The van der Waals surface area contributed by atoms with Crippen molar-refractivity contribution in [2.75, 3.05) is 38.6 Å². The molecule has 4 rings (SSSR count). The molecule has 2 aliphatic heterocycles. The number of piperazine rings is 1. The van der Waals surface area contributed by atoms with Crippen LogP contribution in [0.2, 0.25) is 0 Å². The lowest BCUT2D eigenvalue weighted by molar-refractivity contribution is -0.272. The van der Waals surface area contributed by atoms with E-state index in [1.54, 1.807) is 0 Å². The summed E-state index contributed by atoms with van der Waals surface area (Å²) >= 11 is 0. The van der Waals surface area contributed by atoms with Crippen molar-refractivity contribution in [2.24, 2.45) is 5.92 Å². The molecule has 38 heavy (non-hydrogen) atoms. The number of rotatable bonds is 5. The van der Waals surface area contributed by atoms with E-state index in [0.29, 0.717) is 26.2 Å². The summed E-state index contributed by atoms with van der Waals surface area (Å²) in [5.41, 5.74) is -2.96. The number of halogens is 5. The molecule has 1 aromatic carbocycles. The van der Waals surface area contributed by atoms with Crippen LogP contribution < -0.4 is 15.4 Å². The Hall–Kier alpha value is -3.39. The molecule has 2 N–H and O–H groups in total. The molecule has 0 radical (unpaired) electrons. The Morgan fingerprint density at radius 2 is 1.89 bits per heavy atom. The zero-order valence-corrected chi connectivity index (χ0v) is 20.7. The number of carbonyl (C=O) groups is 2. The number of benzene rings is 1. The molecule has 0 aliphatic carbocycles. The lowest BCUT2D eigenvalue weighted by Crippen LogP contribution is -2.47. The molecule has 2 aliphatic rings. The summed E-state index contributed by atoms with van der Waals surface area (Å²) in [6.45, 7) is 4.04. The molecule has 2 aromatic rings. The Morgan fingerprint density at radius 3 is 2.53 bits per heavy atom. The molecule has 0 bridgehead atoms. The number of aromatic nitrogens is 2. The number of ether oxygens (including phenoxy) is 2. The molecule has 206 valence electrons. The molecule has 2 saturated heterocycles. The topological polar surface area (TPSA) is 106 Å². The summed E-state index contributed by atoms with van der Waals surface area (Å²) in [7, 11) is 1.04. The van der Waals surface area contributed by atoms with E-state index >= 15 is 0 Å². The van der Waals surface area contributed by atoms with Gasteiger partial charge >= 0.3 is 6.18 Å². The molecule has 2 amide bonds. The Morgan fingerprint density at radius 1 is 1.21 bits per heavy atom. The smallest absolute Gasteiger partial charge is 0.417 e. The molecule has 1 aromatic heterocycles. The Balaban J connectivity index is 1.67. The Bertz CT molecular complexity index is 1220. The highest BCUT2D eigenvalue weighted by molar-refractivity contribution is 5.95. The van der Waals surface area contributed by atoms with Gasteiger partial charge in [-0.3, -0.25) is 9.59 Å². The predicted octanol–water partition coefficient (Wildman–Crippen LogP) is 2.89. The summed E-state index contributed by atoms with van der Waals surface area (Å²) in [6.07, 6.45) is -5.47. The van der Waals surface area contributed by atoms with Gasteiger partial charge in [0, 0.05) is 49.8 Å². The van der Waals surface area contributed by atoms with Gasteiger partial charge in [0.05, 0.1) is 7.11 Å². The van der Waals surface area contributed by atoms with Crippen LogP contribution in [0.15, 0.2) is 24.4 Å². The highest BCUT2D eigenvalue weighted by Gasteiger charge is 2.66. The second-order valence-corrected chi connectivity index (χ2v) is 9.24. The van der Waals surface area contributed by atoms with Crippen LogP contribution in [0.5, 0.6) is 5.75 Å². The molecule has 0 unspecified atom stereocenters. The lowest BCUT2D eigenvalue weighted by Gasteiger charge is -2.32. The van der Waals surface area contributed by atoms with E-state index in [1.807, 2.05) is 0 Å². The largest absolute Gasteiger partial charge is 0.493 e. The van der Waals surface area contributed by atoms with Crippen LogP contribution >= 0.6 is 0 Å². The maximum atomic E-state index is 14.5. The number of amides is 2. The maximum Gasteiger partial charge on any atom is 0.417 e. The van der Waals surface area contributed by atoms with Crippen molar-refractivity contribution in [3.63, 3.8) is 0 Å². The third kappa shape index (κ3) is 4.89. The van der Waals surface area contributed by atoms with Gasteiger partial charge in [0.2, 0.25) is 11.6 Å². The maximum absolute atomic E-state index is 14.5. The lowest BCUT2D eigenvalue weighted by atomic mass is 9.77. The zero-order valence-electron chi connectivity index (χ0n) is 20.7. The fourth-order valence-corrected chi connectivity index (χ4v) is 4.78. The van der Waals surface area contributed by atoms with E-state index in [-0.39, 0.29) is 17.2 Å². The summed E-state index contributed by atoms with van der Waals surface area (Å²) in [4.78, 5) is 35.6. The van der Waals surface area contributed by atoms with E-state index in [1.165, 1.54) is 24.1 Å². The van der Waals surface area contributed by atoms with Gasteiger partial charge in [0.1, 0.15) is 11.9 Å². The first-order valence-corrected chi connectivity index (χ1v) is 11.8. The van der Waals surface area contributed by atoms with Crippen molar-refractivity contribution in [1.82, 2.24) is 20.2 Å². The minimum Gasteiger partial charge on any atom is -0.493 e. The third-order valence-electron chi connectivity index (χ3n) is 7.07. The van der Waals surface area contributed by atoms with E-state index in [0.717, 1.165) is 26.2 Å². The summed E-state index contributed by atoms with van der Waals surface area (Å²) < 4.78 is 81.0. The average Bonchev–Trinajstić information content (AvgIpc) is 3.17. The monoisotopic (exact) mass is 543 g/mol. The van der Waals surface area contributed by atoms with E-state index in [9.17, 15) is 31.5 Å². The first-order valence-electron chi connectivity index (χ1n) is 11.8. The zero-order chi connectivity index (χ0) is 27.8. The first-order chi connectivity index (χ1) is 17.9. The fourth-order valence-electron chi connectivity index (χ4n) is 4.78. The summed E-state index contributed by atoms with van der Waals surface area (Å²) in [5.74, 6) is -7.92. The number of nitrogens with zero attached hydrogens (tertiary/aromatic N) is 3. The van der Waals surface area contributed by atoms with E-state index in [4.69, 9.17) is 9.47 Å². The summed E-state index contributed by atoms with van der Waals surface area (Å²) in [5, 5.41) is 5.48. The quantitative estimate of drug-likeness (QED) is 0.559. The number of methoxy groups -OCH3 is 1. The van der Waals surface area contributed by atoms with Gasteiger partial charge in [0.15, 0.2) is 17.2 Å². The number of alkyl halides is 3. The molecular formula is C24H26F5N5O4. The number of anilines is 1.